The Labute approximate surface area is 373 Å². The summed E-state index contributed by atoms with van der Waals surface area (Å²) in [5.41, 5.74) is 10.7. The summed E-state index contributed by atoms with van der Waals surface area (Å²) in [5, 5.41) is 2.74. The van der Waals surface area contributed by atoms with E-state index in [1.165, 1.54) is 5.56 Å². The first kappa shape index (κ1) is 46.5. The summed E-state index contributed by atoms with van der Waals surface area (Å²) in [7, 11) is -0.227. The van der Waals surface area contributed by atoms with Gasteiger partial charge in [0, 0.05) is 67.4 Å². The van der Waals surface area contributed by atoms with Gasteiger partial charge in [-0.3, -0.25) is 14.4 Å². The van der Waals surface area contributed by atoms with E-state index in [1.807, 2.05) is 26.8 Å². The first-order valence-corrected chi connectivity index (χ1v) is 24.1. The average molecular weight is 890 g/mol. The number of rotatable bonds is 15. The van der Waals surface area contributed by atoms with Crippen LogP contribution >= 0.6 is 0 Å². The third kappa shape index (κ3) is 8.97. The van der Waals surface area contributed by atoms with Crippen molar-refractivity contribution in [2.45, 2.75) is 172 Å². The lowest BCUT2D eigenvalue weighted by Crippen LogP contribution is -2.65. The Kier molecular flexibility index (Phi) is 12.6. The quantitative estimate of drug-likeness (QED) is 0.119. The second-order valence-electron chi connectivity index (χ2n) is 20.4. The number of ether oxygens (including phenoxy) is 3. The first-order chi connectivity index (χ1) is 29.4. The van der Waals surface area contributed by atoms with Crippen LogP contribution in [0.4, 0.5) is 4.79 Å². The molecule has 15 heteroatoms. The van der Waals surface area contributed by atoms with Gasteiger partial charge in [-0.1, -0.05) is 18.6 Å². The van der Waals surface area contributed by atoms with Crippen LogP contribution < -0.4 is 20.5 Å². The molecule has 2 aromatic rings. The Bertz CT molecular complexity index is 2350. The number of carbonyl (C=O) groups is 4. The van der Waals surface area contributed by atoms with Crippen LogP contribution in [0.5, 0.6) is 11.5 Å². The zero-order valence-electron chi connectivity index (χ0n) is 38.9. The average Bonchev–Trinajstić information content (AvgIpc) is 3.72. The molecule has 1 saturated carbocycles. The summed E-state index contributed by atoms with van der Waals surface area (Å²) in [5.74, 6) is 1.61. The van der Waals surface area contributed by atoms with Gasteiger partial charge in [-0.25, -0.2) is 4.79 Å². The second-order valence-corrected chi connectivity index (χ2v) is 21.9. The van der Waals surface area contributed by atoms with Crippen LogP contribution in [0.2, 0.25) is 0 Å². The summed E-state index contributed by atoms with van der Waals surface area (Å²) >= 11 is 0. The number of ketones is 2. The van der Waals surface area contributed by atoms with Gasteiger partial charge in [0.25, 0.3) is 10.0 Å². The van der Waals surface area contributed by atoms with Crippen molar-refractivity contribution < 1.29 is 41.8 Å². The van der Waals surface area contributed by atoms with Gasteiger partial charge < -0.3 is 35.1 Å². The van der Waals surface area contributed by atoms with Crippen molar-refractivity contribution >= 4 is 39.4 Å². The summed E-state index contributed by atoms with van der Waals surface area (Å²) in [6.45, 7) is 15.8. The second kappa shape index (κ2) is 17.1. The van der Waals surface area contributed by atoms with E-state index in [1.54, 1.807) is 46.6 Å². The molecule has 1 saturated heterocycles. The number of nitrogens with two attached hydrogens (primary N) is 1. The number of benzene rings is 2. The molecule has 0 aromatic heterocycles. The van der Waals surface area contributed by atoms with Gasteiger partial charge >= 0.3 is 6.09 Å². The van der Waals surface area contributed by atoms with Gasteiger partial charge in [-0.15, -0.1) is 4.40 Å². The lowest BCUT2D eigenvalue weighted by atomic mass is 9.51. The smallest absolute Gasteiger partial charge is 0.408 e. The minimum absolute atomic E-state index is 0.0407. The fraction of sp³-hybridized carbons (Fsp3) is 0.646. The molecule has 3 heterocycles. The first-order valence-electron chi connectivity index (χ1n) is 22.7. The van der Waals surface area contributed by atoms with Crippen LogP contribution in [0.3, 0.4) is 0 Å². The number of likely N-dealkylation sites (tertiary alicyclic amines) is 1. The highest BCUT2D eigenvalue weighted by atomic mass is 32.2. The molecular weight excluding hydrogens is 823 g/mol. The molecule has 2 fully saturated rings. The normalized spacial score (nSPS) is 23.9. The van der Waals surface area contributed by atoms with Crippen molar-refractivity contribution in [3.63, 3.8) is 0 Å². The fourth-order valence-corrected chi connectivity index (χ4v) is 12.7. The maximum absolute atomic E-state index is 13.7. The third-order valence-electron chi connectivity index (χ3n) is 14.2. The maximum atomic E-state index is 13.7. The Morgan fingerprint density at radius 1 is 1.06 bits per heavy atom. The highest BCUT2D eigenvalue weighted by Gasteiger charge is 2.65. The number of unbranched alkanes of at least 4 members (excludes halogenated alkanes) is 1. The number of hydrogen-bond donors (Lipinski definition) is 2. The van der Waals surface area contributed by atoms with Gasteiger partial charge in [0.1, 0.15) is 28.5 Å². The fourth-order valence-electron chi connectivity index (χ4n) is 11.1. The van der Waals surface area contributed by atoms with E-state index in [-0.39, 0.29) is 59.3 Å². The van der Waals surface area contributed by atoms with Crippen LogP contribution in [0.15, 0.2) is 21.4 Å². The number of alkyl carbamates (subject to hydrolysis) is 1. The lowest BCUT2D eigenvalue weighted by molar-refractivity contribution is -0.138. The molecule has 2 aliphatic carbocycles. The Morgan fingerprint density at radius 3 is 2.51 bits per heavy atom. The zero-order chi connectivity index (χ0) is 46.0. The molecule has 14 nitrogen and oxygen atoms in total. The molecule has 3 N–H and O–H groups in total. The summed E-state index contributed by atoms with van der Waals surface area (Å²) in [6, 6.07) is 3.63. The zero-order valence-corrected chi connectivity index (χ0v) is 39.7. The van der Waals surface area contributed by atoms with Gasteiger partial charge in [-0.2, -0.15) is 8.42 Å². The Morgan fingerprint density at radius 2 is 1.79 bits per heavy atom. The molecule has 3 aliphatic heterocycles. The molecule has 0 radical (unpaired) electrons. The van der Waals surface area contributed by atoms with Crippen molar-refractivity contribution in [2.24, 2.45) is 16.0 Å². The number of hydrogen-bond acceptors (Lipinski definition) is 10. The van der Waals surface area contributed by atoms with E-state index in [9.17, 15) is 27.6 Å². The molecule has 2 amide bonds. The minimum atomic E-state index is -4.13. The van der Waals surface area contributed by atoms with Crippen molar-refractivity contribution in [3.8, 4) is 11.5 Å². The van der Waals surface area contributed by atoms with Crippen LogP contribution in [0.25, 0.3) is 0 Å². The highest BCUT2D eigenvalue weighted by molar-refractivity contribution is 7.90. The number of piperidine rings is 1. The van der Waals surface area contributed by atoms with Crippen molar-refractivity contribution in [2.75, 3.05) is 27.2 Å². The van der Waals surface area contributed by atoms with Gasteiger partial charge in [-0.05, 0) is 136 Å². The van der Waals surface area contributed by atoms with Gasteiger partial charge in [0.2, 0.25) is 5.91 Å². The van der Waals surface area contributed by atoms with Crippen molar-refractivity contribution in [3.05, 3.63) is 51.1 Å². The number of nitrogens with zero attached hydrogens (tertiary/aromatic N) is 3. The summed E-state index contributed by atoms with van der Waals surface area (Å²) < 4.78 is 49.5. The number of carbonyl (C=O) groups excluding carboxylic acids is 4. The Hall–Kier alpha value is -4.50. The summed E-state index contributed by atoms with van der Waals surface area (Å²) in [6.07, 6.45) is 4.47. The SMILES string of the molecule is Cc1c(C)c(S(=O)(=O)/N=C(\N)CCCC[C@H](NC(=O)OC(C)(C)C)C(=O)CCCN(C)C(=O)Cc2ccc3c4c2O[C@H]2C(=O)CCC5[C@@H](C3)N(C)CC[C@@]452)c(C)c2c1OC(C)(C)C2. The van der Waals surface area contributed by atoms with Crippen LogP contribution in [-0.2, 0) is 53.8 Å². The van der Waals surface area contributed by atoms with Crippen LogP contribution in [-0.4, -0.2) is 104 Å². The molecule has 1 spiro atoms. The predicted molar refractivity (Wildman–Crippen MR) is 240 cm³/mol. The van der Waals surface area contributed by atoms with Crippen LogP contribution in [0.1, 0.15) is 131 Å². The van der Waals surface area contributed by atoms with E-state index in [4.69, 9.17) is 19.9 Å². The standard InChI is InChI=1S/C48H67N5O9S/c1-27-28(2)43(29(3)32-26-47(7,8)61-41(27)32)63(58,59)51-38(49)16-12-11-14-34(50-45(57)62-46(4,5)6)36(54)15-13-22-53(10)39(56)25-31-18-17-30-24-35-33-19-20-37(55)44-48(33,21-23-52(35)9)40(30)42(31)60-44/h17-18,33-35,44H,11-16,19-26H2,1-10H3,(H2,49,51)(H,50,57)/t33?,34-,35+,44-,48-/m0/s1. The number of Topliss-reactive ketones (excluding diaryl/α,β-unsaturated/α-hetero) is 2. The monoisotopic (exact) mass is 889 g/mol. The molecule has 7 rings (SSSR count). The molecule has 5 aliphatic rings. The number of amides is 2. The van der Waals surface area contributed by atoms with Crippen LogP contribution in [0, 0.1) is 26.7 Å². The molecule has 63 heavy (non-hydrogen) atoms. The van der Waals surface area contributed by atoms with E-state index in [2.05, 4.69) is 27.7 Å². The van der Waals surface area contributed by atoms with E-state index >= 15 is 0 Å². The molecule has 5 atom stereocenters. The predicted octanol–water partition coefficient (Wildman–Crippen LogP) is 6.11. The van der Waals surface area contributed by atoms with Crippen molar-refractivity contribution in [1.29, 1.82) is 0 Å². The molecule has 1 unspecified atom stereocenters. The van der Waals surface area contributed by atoms with Gasteiger partial charge in [0.05, 0.1) is 17.4 Å². The molecule has 344 valence electrons. The highest BCUT2D eigenvalue weighted by Crippen LogP contribution is 2.62. The maximum Gasteiger partial charge on any atom is 0.408 e. The minimum Gasteiger partial charge on any atom is -0.487 e. The third-order valence-corrected chi connectivity index (χ3v) is 15.8. The Balaban J connectivity index is 0.950. The number of fused-ring (bicyclic) bond motifs is 1. The largest absolute Gasteiger partial charge is 0.487 e. The number of amidine groups is 1. The molecule has 2 bridgehead atoms. The van der Waals surface area contributed by atoms with E-state index in [0.29, 0.717) is 61.7 Å². The van der Waals surface area contributed by atoms with Gasteiger partial charge in [0.15, 0.2) is 17.7 Å². The number of sulfonamides is 1. The molecule has 2 aromatic carbocycles. The topological polar surface area (TPSA) is 187 Å². The van der Waals surface area contributed by atoms with E-state index < -0.39 is 39.5 Å². The number of likely N-dealkylation sites (N-methyl/N-ethyl adjacent to an activating group) is 2. The lowest BCUT2D eigenvalue weighted by Gasteiger charge is -2.57. The van der Waals surface area contributed by atoms with E-state index in [0.717, 1.165) is 59.6 Å². The number of nitrogens with one attached hydrogen (secondary N) is 1. The summed E-state index contributed by atoms with van der Waals surface area (Å²) in [4.78, 5) is 57.7. The molecular formula is C48H67N5O9S. The van der Waals surface area contributed by atoms with Crippen molar-refractivity contribution in [1.82, 2.24) is 15.1 Å².